The van der Waals surface area contributed by atoms with Crippen LogP contribution in [0.5, 0.6) is 0 Å². The first-order valence-electron chi connectivity index (χ1n) is 9.17. The molecule has 9 nitrogen and oxygen atoms in total. The van der Waals surface area contributed by atoms with E-state index in [1.54, 1.807) is 24.3 Å². The van der Waals surface area contributed by atoms with Crippen molar-refractivity contribution in [1.29, 1.82) is 0 Å². The van der Waals surface area contributed by atoms with E-state index in [9.17, 15) is 22.8 Å². The first kappa shape index (κ1) is 22.1. The zero-order valence-electron chi connectivity index (χ0n) is 16.2. The minimum atomic E-state index is -3.83. The normalized spacial score (nSPS) is 18.0. The molecule has 0 radical (unpaired) electrons. The van der Waals surface area contributed by atoms with E-state index < -0.39 is 27.8 Å². The smallest absolute Gasteiger partial charge is 0.344 e. The molecule has 2 aliphatic heterocycles. The molecular weight excluding hydrogens is 474 g/mol. The largest absolute Gasteiger partial charge is 0.421 e. The molecule has 2 aliphatic rings. The van der Waals surface area contributed by atoms with Crippen LogP contribution in [0.1, 0.15) is 22.3 Å². The number of ether oxygens (including phenoxy) is 1. The molecule has 0 aliphatic carbocycles. The van der Waals surface area contributed by atoms with E-state index in [0.29, 0.717) is 16.8 Å². The molecule has 12 heteroatoms. The fourth-order valence-corrected chi connectivity index (χ4v) is 4.96. The Balaban J connectivity index is 1.43. The molecule has 2 aromatic carbocycles. The SMILES string of the molecule is NS(=O)(=O)c1ccc(NC(=O)CCN2C(=O)C(=C3OC(=O)c4ccccc43)SC2=S)cc1. The molecule has 0 spiro atoms. The molecule has 4 rings (SSSR count). The van der Waals surface area contributed by atoms with E-state index in [4.69, 9.17) is 22.1 Å². The second-order valence-corrected chi connectivity index (χ2v) is 9.99. The number of nitrogens with one attached hydrogen (secondary N) is 1. The molecule has 32 heavy (non-hydrogen) atoms. The predicted molar refractivity (Wildman–Crippen MR) is 122 cm³/mol. The maximum absolute atomic E-state index is 12.9. The molecule has 2 aromatic rings. The molecule has 1 fully saturated rings. The Morgan fingerprint density at radius 1 is 1.09 bits per heavy atom. The van der Waals surface area contributed by atoms with Crippen LogP contribution in [0.4, 0.5) is 5.69 Å². The van der Waals surface area contributed by atoms with Gasteiger partial charge in [-0.05, 0) is 30.3 Å². The third kappa shape index (κ3) is 4.30. The Morgan fingerprint density at radius 2 is 1.75 bits per heavy atom. The van der Waals surface area contributed by atoms with Crippen molar-refractivity contribution in [3.05, 3.63) is 64.6 Å². The lowest BCUT2D eigenvalue weighted by molar-refractivity contribution is -0.122. The van der Waals surface area contributed by atoms with E-state index in [0.717, 1.165) is 11.8 Å². The first-order chi connectivity index (χ1) is 15.1. The van der Waals surface area contributed by atoms with Crippen LogP contribution in [0.2, 0.25) is 0 Å². The number of carbonyl (C=O) groups excluding carboxylic acids is 3. The van der Waals surface area contributed by atoms with Gasteiger partial charge in [0.1, 0.15) is 9.23 Å². The average Bonchev–Trinajstić information content (AvgIpc) is 3.22. The highest BCUT2D eigenvalue weighted by molar-refractivity contribution is 8.26. The fourth-order valence-electron chi connectivity index (χ4n) is 3.12. The second-order valence-electron chi connectivity index (χ2n) is 6.79. The molecule has 0 aromatic heterocycles. The Morgan fingerprint density at radius 3 is 2.41 bits per heavy atom. The number of esters is 1. The van der Waals surface area contributed by atoms with Gasteiger partial charge in [-0.1, -0.05) is 42.2 Å². The molecule has 0 bridgehead atoms. The third-order valence-electron chi connectivity index (χ3n) is 4.67. The summed E-state index contributed by atoms with van der Waals surface area (Å²) < 4.78 is 28.1. The van der Waals surface area contributed by atoms with E-state index in [2.05, 4.69) is 5.32 Å². The van der Waals surface area contributed by atoms with Crippen LogP contribution < -0.4 is 10.5 Å². The monoisotopic (exact) mass is 489 g/mol. The summed E-state index contributed by atoms with van der Waals surface area (Å²) in [4.78, 5) is 38.6. The number of fused-ring (bicyclic) bond motifs is 1. The van der Waals surface area contributed by atoms with Crippen LogP contribution >= 0.6 is 24.0 Å². The van der Waals surface area contributed by atoms with Crippen molar-refractivity contribution >= 4 is 67.6 Å². The molecule has 1 saturated heterocycles. The molecule has 2 heterocycles. The number of rotatable bonds is 5. The van der Waals surface area contributed by atoms with E-state index in [1.165, 1.54) is 29.2 Å². The van der Waals surface area contributed by atoms with Crippen LogP contribution in [-0.2, 0) is 24.3 Å². The van der Waals surface area contributed by atoms with Gasteiger partial charge < -0.3 is 10.1 Å². The molecule has 0 atom stereocenters. The average molecular weight is 490 g/mol. The summed E-state index contributed by atoms with van der Waals surface area (Å²) in [5, 5.41) is 7.66. The van der Waals surface area contributed by atoms with Gasteiger partial charge in [0.15, 0.2) is 5.76 Å². The van der Waals surface area contributed by atoms with Gasteiger partial charge in [0.05, 0.1) is 10.5 Å². The van der Waals surface area contributed by atoms with Gasteiger partial charge in [0.25, 0.3) is 5.91 Å². The number of hydrogen-bond donors (Lipinski definition) is 2. The number of carbonyl (C=O) groups is 3. The highest BCUT2D eigenvalue weighted by atomic mass is 32.2. The summed E-state index contributed by atoms with van der Waals surface area (Å²) in [6.07, 6.45) is -0.0532. The number of sulfonamides is 1. The predicted octanol–water partition coefficient (Wildman–Crippen LogP) is 2.06. The summed E-state index contributed by atoms with van der Waals surface area (Å²) in [5.74, 6) is -1.20. The highest BCUT2D eigenvalue weighted by Gasteiger charge is 2.39. The number of nitrogens with zero attached hydrogens (tertiary/aromatic N) is 1. The van der Waals surface area contributed by atoms with Crippen LogP contribution in [0.3, 0.4) is 0 Å². The molecular formula is C20H15N3O6S3. The number of hydrogen-bond acceptors (Lipinski definition) is 8. The lowest BCUT2D eigenvalue weighted by Crippen LogP contribution is -2.31. The van der Waals surface area contributed by atoms with Crippen LogP contribution in [0.15, 0.2) is 58.3 Å². The van der Waals surface area contributed by atoms with Gasteiger partial charge in [-0.25, -0.2) is 18.4 Å². The maximum Gasteiger partial charge on any atom is 0.344 e. The lowest BCUT2D eigenvalue weighted by Gasteiger charge is -2.14. The third-order valence-corrected chi connectivity index (χ3v) is 7.03. The highest BCUT2D eigenvalue weighted by Crippen LogP contribution is 2.41. The summed E-state index contributed by atoms with van der Waals surface area (Å²) in [5.41, 5.74) is 1.28. The number of thioether (sulfide) groups is 1. The Labute approximate surface area is 192 Å². The van der Waals surface area contributed by atoms with Gasteiger partial charge in [-0.15, -0.1) is 0 Å². The van der Waals surface area contributed by atoms with Crippen molar-refractivity contribution in [2.45, 2.75) is 11.3 Å². The lowest BCUT2D eigenvalue weighted by atomic mass is 10.1. The topological polar surface area (TPSA) is 136 Å². The summed E-state index contributed by atoms with van der Waals surface area (Å²) in [6.45, 7) is 0.0259. The Kier molecular flexibility index (Phi) is 5.86. The zero-order chi connectivity index (χ0) is 23.0. The summed E-state index contributed by atoms with van der Waals surface area (Å²) in [7, 11) is -3.83. The van der Waals surface area contributed by atoms with Crippen LogP contribution in [-0.4, -0.2) is 42.0 Å². The van der Waals surface area contributed by atoms with Crippen molar-refractivity contribution in [2.24, 2.45) is 5.14 Å². The van der Waals surface area contributed by atoms with Crippen molar-refractivity contribution in [1.82, 2.24) is 4.90 Å². The van der Waals surface area contributed by atoms with Crippen molar-refractivity contribution in [2.75, 3.05) is 11.9 Å². The van der Waals surface area contributed by atoms with Gasteiger partial charge in [-0.2, -0.15) is 0 Å². The number of amides is 2. The standard InChI is InChI=1S/C20H15N3O6S3/c21-32(27,28)12-7-5-11(6-8-12)22-15(24)9-10-23-18(25)17(31-20(23)30)16-13-3-1-2-4-14(13)19(26)29-16/h1-8H,9-10H2,(H,22,24)(H2,21,27,28). The van der Waals surface area contributed by atoms with Gasteiger partial charge in [0.2, 0.25) is 15.9 Å². The van der Waals surface area contributed by atoms with Gasteiger partial charge in [0, 0.05) is 24.2 Å². The van der Waals surface area contributed by atoms with Crippen molar-refractivity contribution in [3.8, 4) is 0 Å². The Hall–Kier alpha value is -3.06. The molecule has 3 N–H and O–H groups in total. The number of anilines is 1. The number of primary sulfonamides is 1. The van der Waals surface area contributed by atoms with Crippen molar-refractivity contribution < 1.29 is 27.5 Å². The van der Waals surface area contributed by atoms with Crippen molar-refractivity contribution in [3.63, 3.8) is 0 Å². The first-order valence-corrected chi connectivity index (χ1v) is 11.9. The molecule has 0 unspecified atom stereocenters. The van der Waals surface area contributed by atoms with E-state index >= 15 is 0 Å². The van der Waals surface area contributed by atoms with E-state index in [1.807, 2.05) is 0 Å². The quantitative estimate of drug-likeness (QED) is 0.370. The molecule has 2 amide bonds. The summed E-state index contributed by atoms with van der Waals surface area (Å²) >= 11 is 6.30. The molecule has 164 valence electrons. The number of thiocarbonyl (C=S) groups is 1. The Bertz CT molecular complexity index is 1300. The number of cyclic esters (lactones) is 1. The minimum Gasteiger partial charge on any atom is -0.421 e. The fraction of sp³-hybridized carbons (Fsp3) is 0.100. The van der Waals surface area contributed by atoms with E-state index in [-0.39, 0.29) is 32.8 Å². The van der Waals surface area contributed by atoms with Crippen LogP contribution in [0, 0.1) is 0 Å². The van der Waals surface area contributed by atoms with Gasteiger partial charge >= 0.3 is 5.97 Å². The maximum atomic E-state index is 12.9. The van der Waals surface area contributed by atoms with Gasteiger partial charge in [-0.3, -0.25) is 14.5 Å². The minimum absolute atomic E-state index is 0.0259. The zero-order valence-corrected chi connectivity index (χ0v) is 18.7. The summed E-state index contributed by atoms with van der Waals surface area (Å²) in [6, 6.07) is 12.1. The number of benzene rings is 2. The number of nitrogens with two attached hydrogens (primary N) is 1. The molecule has 0 saturated carbocycles. The van der Waals surface area contributed by atoms with Crippen LogP contribution in [0.25, 0.3) is 5.76 Å². The second kappa shape index (κ2) is 8.47.